The van der Waals surface area contributed by atoms with Gasteiger partial charge in [-0.15, -0.1) is 0 Å². The standard InChI is InChI=1S/C16H18FN3O/c1-4-20(15-8-6-5-7-13(15)17)16(21)12-10-19-11(2)9-14(12)18-3/h5-10H,4H2,1-3H3,(H,18,19). The van der Waals surface area contributed by atoms with Crippen LogP contribution in [0.25, 0.3) is 0 Å². The van der Waals surface area contributed by atoms with Crippen molar-refractivity contribution in [2.45, 2.75) is 13.8 Å². The molecule has 0 spiro atoms. The van der Waals surface area contributed by atoms with Gasteiger partial charge in [0, 0.05) is 25.5 Å². The first-order chi connectivity index (χ1) is 10.1. The fraction of sp³-hybridized carbons (Fsp3) is 0.250. The quantitative estimate of drug-likeness (QED) is 0.939. The fourth-order valence-corrected chi connectivity index (χ4v) is 2.18. The Labute approximate surface area is 123 Å². The molecule has 0 saturated heterocycles. The second kappa shape index (κ2) is 6.35. The van der Waals surface area contributed by atoms with E-state index in [9.17, 15) is 9.18 Å². The minimum Gasteiger partial charge on any atom is -0.387 e. The van der Waals surface area contributed by atoms with E-state index in [1.807, 2.05) is 13.8 Å². The molecular formula is C16H18FN3O. The third kappa shape index (κ3) is 3.02. The molecule has 0 saturated carbocycles. The number of amides is 1. The Morgan fingerprint density at radius 1 is 1.38 bits per heavy atom. The van der Waals surface area contributed by atoms with Crippen LogP contribution in [0, 0.1) is 12.7 Å². The maximum atomic E-state index is 13.9. The Kier molecular flexibility index (Phi) is 4.52. The van der Waals surface area contributed by atoms with E-state index in [-0.39, 0.29) is 11.6 Å². The van der Waals surface area contributed by atoms with E-state index in [1.165, 1.54) is 17.2 Å². The molecule has 0 radical (unpaired) electrons. The zero-order valence-corrected chi connectivity index (χ0v) is 12.4. The number of hydrogen-bond acceptors (Lipinski definition) is 3. The highest BCUT2D eigenvalue weighted by Crippen LogP contribution is 2.23. The van der Waals surface area contributed by atoms with Crippen molar-refractivity contribution >= 4 is 17.3 Å². The van der Waals surface area contributed by atoms with E-state index >= 15 is 0 Å². The van der Waals surface area contributed by atoms with Crippen LogP contribution >= 0.6 is 0 Å². The number of pyridine rings is 1. The van der Waals surface area contributed by atoms with Gasteiger partial charge in [-0.2, -0.15) is 0 Å². The van der Waals surface area contributed by atoms with Crippen LogP contribution in [0.15, 0.2) is 36.5 Å². The SMILES string of the molecule is CCN(C(=O)c1cnc(C)cc1NC)c1ccccc1F. The van der Waals surface area contributed by atoms with E-state index in [0.717, 1.165) is 5.69 Å². The number of hydrogen-bond donors (Lipinski definition) is 1. The number of aryl methyl sites for hydroxylation is 1. The van der Waals surface area contributed by atoms with Crippen molar-refractivity contribution in [1.29, 1.82) is 0 Å². The first-order valence-electron chi connectivity index (χ1n) is 6.79. The van der Waals surface area contributed by atoms with Crippen LogP contribution in [0.5, 0.6) is 0 Å². The second-order valence-electron chi connectivity index (χ2n) is 4.62. The molecular weight excluding hydrogens is 269 g/mol. The molecule has 110 valence electrons. The Morgan fingerprint density at radius 2 is 2.10 bits per heavy atom. The molecule has 1 aromatic heterocycles. The highest BCUT2D eigenvalue weighted by molar-refractivity contribution is 6.09. The molecule has 1 heterocycles. The maximum absolute atomic E-state index is 13.9. The predicted octanol–water partition coefficient (Wildman–Crippen LogP) is 3.24. The van der Waals surface area contributed by atoms with Gasteiger partial charge in [0.15, 0.2) is 0 Å². The van der Waals surface area contributed by atoms with E-state index < -0.39 is 5.82 Å². The number of carbonyl (C=O) groups excluding carboxylic acids is 1. The number of nitrogens with zero attached hydrogens (tertiary/aromatic N) is 2. The molecule has 4 nitrogen and oxygen atoms in total. The van der Waals surface area contributed by atoms with Crippen LogP contribution < -0.4 is 10.2 Å². The Hall–Kier alpha value is -2.43. The smallest absolute Gasteiger partial charge is 0.262 e. The molecule has 0 unspecified atom stereocenters. The number of rotatable bonds is 4. The van der Waals surface area contributed by atoms with Gasteiger partial charge in [-0.1, -0.05) is 12.1 Å². The monoisotopic (exact) mass is 287 g/mol. The summed E-state index contributed by atoms with van der Waals surface area (Å²) in [6, 6.07) is 8.04. The Bertz CT molecular complexity index is 658. The minimum atomic E-state index is -0.418. The molecule has 1 N–H and O–H groups in total. The van der Waals surface area contributed by atoms with Crippen molar-refractivity contribution in [1.82, 2.24) is 4.98 Å². The van der Waals surface area contributed by atoms with Gasteiger partial charge in [-0.25, -0.2) is 4.39 Å². The van der Waals surface area contributed by atoms with Crippen LogP contribution in [0.3, 0.4) is 0 Å². The third-order valence-electron chi connectivity index (χ3n) is 3.25. The van der Waals surface area contributed by atoms with Gasteiger partial charge in [0.1, 0.15) is 5.82 Å². The molecule has 1 aromatic carbocycles. The number of halogens is 1. The van der Waals surface area contributed by atoms with Crippen molar-refractivity contribution in [2.75, 3.05) is 23.8 Å². The summed E-state index contributed by atoms with van der Waals surface area (Å²) in [5.41, 5.74) is 2.19. The largest absolute Gasteiger partial charge is 0.387 e. The lowest BCUT2D eigenvalue weighted by molar-refractivity contribution is 0.0988. The molecule has 0 aliphatic heterocycles. The maximum Gasteiger partial charge on any atom is 0.262 e. The average molecular weight is 287 g/mol. The lowest BCUT2D eigenvalue weighted by atomic mass is 10.1. The van der Waals surface area contributed by atoms with Gasteiger partial charge in [0.05, 0.1) is 16.9 Å². The number of para-hydroxylation sites is 1. The topological polar surface area (TPSA) is 45.2 Å². The average Bonchev–Trinajstić information content (AvgIpc) is 2.49. The summed E-state index contributed by atoms with van der Waals surface area (Å²) in [6.45, 7) is 4.03. The molecule has 1 amide bonds. The summed E-state index contributed by atoms with van der Waals surface area (Å²) in [6.07, 6.45) is 1.52. The number of aromatic nitrogens is 1. The van der Waals surface area contributed by atoms with Gasteiger partial charge >= 0.3 is 0 Å². The molecule has 0 aliphatic rings. The first kappa shape index (κ1) is 15.0. The van der Waals surface area contributed by atoms with Crippen molar-refractivity contribution in [3.05, 3.63) is 53.6 Å². The zero-order valence-electron chi connectivity index (χ0n) is 12.4. The van der Waals surface area contributed by atoms with Crippen LogP contribution in [0.1, 0.15) is 23.0 Å². The zero-order chi connectivity index (χ0) is 15.4. The Balaban J connectivity index is 2.44. The number of anilines is 2. The lowest BCUT2D eigenvalue weighted by Crippen LogP contribution is -2.32. The van der Waals surface area contributed by atoms with E-state index in [2.05, 4.69) is 10.3 Å². The van der Waals surface area contributed by atoms with Gasteiger partial charge in [-0.3, -0.25) is 9.78 Å². The highest BCUT2D eigenvalue weighted by atomic mass is 19.1. The molecule has 2 aromatic rings. The number of carbonyl (C=O) groups is 1. The van der Waals surface area contributed by atoms with Gasteiger partial charge in [0.25, 0.3) is 5.91 Å². The summed E-state index contributed by atoms with van der Waals surface area (Å²) >= 11 is 0. The van der Waals surface area contributed by atoms with Crippen LogP contribution in [-0.2, 0) is 0 Å². The lowest BCUT2D eigenvalue weighted by Gasteiger charge is -2.22. The normalized spacial score (nSPS) is 10.3. The van der Waals surface area contributed by atoms with E-state index in [1.54, 1.807) is 31.3 Å². The predicted molar refractivity (Wildman–Crippen MR) is 82.3 cm³/mol. The van der Waals surface area contributed by atoms with Crippen molar-refractivity contribution in [3.63, 3.8) is 0 Å². The van der Waals surface area contributed by atoms with E-state index in [4.69, 9.17) is 0 Å². The van der Waals surface area contributed by atoms with Gasteiger partial charge in [-0.05, 0) is 32.0 Å². The molecule has 0 aliphatic carbocycles. The molecule has 21 heavy (non-hydrogen) atoms. The highest BCUT2D eigenvalue weighted by Gasteiger charge is 2.21. The summed E-state index contributed by atoms with van der Waals surface area (Å²) in [4.78, 5) is 18.3. The number of nitrogens with one attached hydrogen (secondary N) is 1. The van der Waals surface area contributed by atoms with Crippen molar-refractivity contribution in [3.8, 4) is 0 Å². The summed E-state index contributed by atoms with van der Waals surface area (Å²) in [7, 11) is 1.74. The Morgan fingerprint density at radius 3 is 2.71 bits per heavy atom. The van der Waals surface area contributed by atoms with Gasteiger partial charge in [0.2, 0.25) is 0 Å². The van der Waals surface area contributed by atoms with Crippen molar-refractivity contribution < 1.29 is 9.18 Å². The fourth-order valence-electron chi connectivity index (χ4n) is 2.18. The van der Waals surface area contributed by atoms with Crippen LogP contribution in [0.2, 0.25) is 0 Å². The summed E-state index contributed by atoms with van der Waals surface area (Å²) < 4.78 is 13.9. The van der Waals surface area contributed by atoms with Crippen LogP contribution in [-0.4, -0.2) is 24.5 Å². The summed E-state index contributed by atoms with van der Waals surface area (Å²) in [5.74, 6) is -0.696. The minimum absolute atomic E-state index is 0.271. The number of benzene rings is 1. The molecule has 0 bridgehead atoms. The molecule has 0 atom stereocenters. The first-order valence-corrected chi connectivity index (χ1v) is 6.79. The third-order valence-corrected chi connectivity index (χ3v) is 3.25. The molecule has 2 rings (SSSR count). The molecule has 0 fully saturated rings. The second-order valence-corrected chi connectivity index (χ2v) is 4.62. The summed E-state index contributed by atoms with van der Waals surface area (Å²) in [5, 5.41) is 2.98. The van der Waals surface area contributed by atoms with Crippen LogP contribution in [0.4, 0.5) is 15.8 Å². The van der Waals surface area contributed by atoms with E-state index in [0.29, 0.717) is 17.8 Å². The van der Waals surface area contributed by atoms with Crippen molar-refractivity contribution in [2.24, 2.45) is 0 Å². The molecule has 5 heteroatoms. The van der Waals surface area contributed by atoms with Gasteiger partial charge < -0.3 is 10.2 Å².